The smallest absolute Gasteiger partial charge is 0.169 e. The maximum atomic E-state index is 13.4. The molecule has 2 unspecified atom stereocenters. The zero-order chi connectivity index (χ0) is 11.7. The van der Waals surface area contributed by atoms with Crippen LogP contribution in [0.3, 0.4) is 0 Å². The fourth-order valence-electron chi connectivity index (χ4n) is 2.42. The van der Waals surface area contributed by atoms with E-state index in [4.69, 9.17) is 0 Å². The van der Waals surface area contributed by atoms with Crippen LogP contribution < -0.4 is 0 Å². The number of carbonyl (C=O) groups is 1. The molecule has 0 saturated heterocycles. The van der Waals surface area contributed by atoms with Gasteiger partial charge in [-0.2, -0.15) is 0 Å². The van der Waals surface area contributed by atoms with Gasteiger partial charge in [-0.3, -0.25) is 4.79 Å². The first kappa shape index (κ1) is 11.2. The first-order valence-corrected chi connectivity index (χ1v) is 5.59. The molecule has 2 rings (SSSR count). The molecule has 3 heteroatoms. The van der Waals surface area contributed by atoms with E-state index >= 15 is 0 Å². The van der Waals surface area contributed by atoms with Gasteiger partial charge < -0.3 is 0 Å². The first-order chi connectivity index (χ1) is 7.59. The van der Waals surface area contributed by atoms with Crippen LogP contribution in [-0.2, 0) is 0 Å². The zero-order valence-corrected chi connectivity index (χ0v) is 9.17. The normalized spacial score (nSPS) is 24.7. The van der Waals surface area contributed by atoms with Crippen molar-refractivity contribution in [3.63, 3.8) is 0 Å². The van der Waals surface area contributed by atoms with E-state index in [0.29, 0.717) is 5.92 Å². The third-order valence-corrected chi connectivity index (χ3v) is 3.39. The molecular formula is C13H14F2O. The van der Waals surface area contributed by atoms with Gasteiger partial charge in [-0.1, -0.05) is 13.3 Å². The van der Waals surface area contributed by atoms with E-state index in [1.807, 2.05) is 6.92 Å². The van der Waals surface area contributed by atoms with Gasteiger partial charge in [0, 0.05) is 12.0 Å². The van der Waals surface area contributed by atoms with E-state index in [0.717, 1.165) is 31.4 Å². The number of Topliss-reactive ketones (excluding diaryl/α,β-unsaturated/α-hetero) is 1. The highest BCUT2D eigenvalue weighted by Gasteiger charge is 2.31. The Morgan fingerprint density at radius 2 is 2.06 bits per heavy atom. The molecule has 1 aromatic rings. The van der Waals surface area contributed by atoms with Crippen LogP contribution in [0.25, 0.3) is 0 Å². The molecule has 1 aromatic carbocycles. The van der Waals surface area contributed by atoms with Crippen molar-refractivity contribution in [2.75, 3.05) is 0 Å². The van der Waals surface area contributed by atoms with Gasteiger partial charge in [-0.15, -0.1) is 0 Å². The maximum Gasteiger partial charge on any atom is 0.169 e. The summed E-state index contributed by atoms with van der Waals surface area (Å²) in [6.45, 7) is 2.01. The fraction of sp³-hybridized carbons (Fsp3) is 0.462. The number of halogens is 2. The fourth-order valence-corrected chi connectivity index (χ4v) is 2.42. The van der Waals surface area contributed by atoms with Crippen molar-refractivity contribution in [1.29, 1.82) is 0 Å². The second kappa shape index (κ2) is 4.32. The molecule has 0 amide bonds. The molecule has 16 heavy (non-hydrogen) atoms. The lowest BCUT2D eigenvalue weighted by molar-refractivity contribution is 0.0893. The molecule has 0 aromatic heterocycles. The largest absolute Gasteiger partial charge is 0.294 e. The predicted molar refractivity (Wildman–Crippen MR) is 57.2 cm³/mol. The number of hydrogen-bond donors (Lipinski definition) is 0. The first-order valence-electron chi connectivity index (χ1n) is 5.59. The molecule has 0 aliphatic heterocycles. The maximum absolute atomic E-state index is 13.4. The Morgan fingerprint density at radius 3 is 2.62 bits per heavy atom. The highest BCUT2D eigenvalue weighted by molar-refractivity contribution is 5.98. The van der Waals surface area contributed by atoms with E-state index < -0.39 is 11.6 Å². The van der Waals surface area contributed by atoms with Crippen LogP contribution in [0.5, 0.6) is 0 Å². The van der Waals surface area contributed by atoms with Gasteiger partial charge in [0.05, 0.1) is 5.56 Å². The summed E-state index contributed by atoms with van der Waals surface area (Å²) in [5.41, 5.74) is 0.0279. The van der Waals surface area contributed by atoms with Crippen molar-refractivity contribution >= 4 is 5.78 Å². The minimum Gasteiger partial charge on any atom is -0.294 e. The predicted octanol–water partition coefficient (Wildman–Crippen LogP) is 3.58. The summed E-state index contributed by atoms with van der Waals surface area (Å²) in [6.07, 6.45) is 2.84. The molecule has 1 nitrogen and oxygen atoms in total. The molecule has 1 saturated carbocycles. The minimum atomic E-state index is -0.746. The average molecular weight is 224 g/mol. The van der Waals surface area contributed by atoms with E-state index in [-0.39, 0.29) is 17.3 Å². The van der Waals surface area contributed by atoms with Gasteiger partial charge in [0.1, 0.15) is 11.6 Å². The molecule has 0 heterocycles. The van der Waals surface area contributed by atoms with Crippen molar-refractivity contribution in [2.24, 2.45) is 11.8 Å². The second-order valence-electron chi connectivity index (χ2n) is 4.50. The molecular weight excluding hydrogens is 210 g/mol. The summed E-state index contributed by atoms with van der Waals surface area (Å²) in [6, 6.07) is 3.15. The van der Waals surface area contributed by atoms with Gasteiger partial charge in [-0.05, 0) is 30.9 Å². The molecule has 86 valence electrons. The van der Waals surface area contributed by atoms with Crippen molar-refractivity contribution in [3.8, 4) is 0 Å². The molecule has 2 atom stereocenters. The third-order valence-electron chi connectivity index (χ3n) is 3.39. The number of ketones is 1. The Hall–Kier alpha value is -1.25. The molecule has 0 radical (unpaired) electrons. The number of benzene rings is 1. The summed E-state index contributed by atoms with van der Waals surface area (Å²) >= 11 is 0. The Labute approximate surface area is 93.5 Å². The van der Waals surface area contributed by atoms with Gasteiger partial charge in [0.2, 0.25) is 0 Å². The third kappa shape index (κ3) is 1.99. The Kier molecular flexibility index (Phi) is 3.03. The molecule has 0 N–H and O–H groups in total. The van der Waals surface area contributed by atoms with Crippen LogP contribution in [0.2, 0.25) is 0 Å². The number of rotatable bonds is 2. The lowest BCUT2D eigenvalue weighted by atomic mass is 9.89. The van der Waals surface area contributed by atoms with Gasteiger partial charge >= 0.3 is 0 Å². The molecule has 1 fully saturated rings. The molecule has 0 spiro atoms. The lowest BCUT2D eigenvalue weighted by Gasteiger charge is -2.14. The van der Waals surface area contributed by atoms with Gasteiger partial charge in [0.15, 0.2) is 5.78 Å². The molecule has 0 bridgehead atoms. The van der Waals surface area contributed by atoms with E-state index in [2.05, 4.69) is 0 Å². The summed E-state index contributed by atoms with van der Waals surface area (Å²) in [5.74, 6) is -1.36. The lowest BCUT2D eigenvalue weighted by Crippen LogP contribution is -2.18. The summed E-state index contributed by atoms with van der Waals surface area (Å²) in [5, 5.41) is 0. The Bertz CT molecular complexity index is 414. The van der Waals surface area contributed by atoms with Crippen LogP contribution in [-0.4, -0.2) is 5.78 Å². The van der Waals surface area contributed by atoms with Crippen LogP contribution >= 0.6 is 0 Å². The summed E-state index contributed by atoms with van der Waals surface area (Å²) in [4.78, 5) is 12.0. The van der Waals surface area contributed by atoms with Gasteiger partial charge in [0.25, 0.3) is 0 Å². The number of carbonyl (C=O) groups excluding carboxylic acids is 1. The van der Waals surface area contributed by atoms with Crippen molar-refractivity contribution in [3.05, 3.63) is 35.4 Å². The summed E-state index contributed by atoms with van der Waals surface area (Å²) in [7, 11) is 0. The van der Waals surface area contributed by atoms with Crippen LogP contribution in [0, 0.1) is 23.5 Å². The van der Waals surface area contributed by atoms with Crippen molar-refractivity contribution in [2.45, 2.75) is 26.2 Å². The van der Waals surface area contributed by atoms with Crippen LogP contribution in [0.1, 0.15) is 36.5 Å². The van der Waals surface area contributed by atoms with E-state index in [9.17, 15) is 13.6 Å². The SMILES string of the molecule is CC1CCCC1C(=O)c1ccc(F)cc1F. The topological polar surface area (TPSA) is 17.1 Å². The van der Waals surface area contributed by atoms with Crippen molar-refractivity contribution in [1.82, 2.24) is 0 Å². The highest BCUT2D eigenvalue weighted by Crippen LogP contribution is 2.34. The zero-order valence-electron chi connectivity index (χ0n) is 9.17. The quantitative estimate of drug-likeness (QED) is 0.702. The molecule has 1 aliphatic carbocycles. The Morgan fingerprint density at radius 1 is 1.31 bits per heavy atom. The average Bonchev–Trinajstić information content (AvgIpc) is 2.63. The van der Waals surface area contributed by atoms with E-state index in [1.165, 1.54) is 6.07 Å². The highest BCUT2D eigenvalue weighted by atomic mass is 19.1. The van der Waals surface area contributed by atoms with Gasteiger partial charge in [-0.25, -0.2) is 8.78 Å². The second-order valence-corrected chi connectivity index (χ2v) is 4.50. The van der Waals surface area contributed by atoms with Crippen LogP contribution in [0.15, 0.2) is 18.2 Å². The van der Waals surface area contributed by atoms with E-state index in [1.54, 1.807) is 0 Å². The minimum absolute atomic E-state index is 0.0279. The standard InChI is InChI=1S/C13H14F2O/c1-8-3-2-4-10(8)13(16)11-6-5-9(14)7-12(11)15/h5-8,10H,2-4H2,1H3. The van der Waals surface area contributed by atoms with Crippen LogP contribution in [0.4, 0.5) is 8.78 Å². The summed E-state index contributed by atoms with van der Waals surface area (Å²) < 4.78 is 26.1. The number of hydrogen-bond acceptors (Lipinski definition) is 1. The van der Waals surface area contributed by atoms with Crippen molar-refractivity contribution < 1.29 is 13.6 Å². The Balaban J connectivity index is 2.27. The monoisotopic (exact) mass is 224 g/mol. The molecule has 1 aliphatic rings.